The van der Waals surface area contributed by atoms with E-state index < -0.39 is 6.03 Å². The molecule has 2 N–H and O–H groups in total. The molecule has 144 valence electrons. The third-order valence-corrected chi connectivity index (χ3v) is 4.45. The summed E-state index contributed by atoms with van der Waals surface area (Å²) in [5.41, 5.74) is 1.32. The average molecular weight is 382 g/mol. The Morgan fingerprint density at radius 2 is 2.07 bits per heavy atom. The molecule has 0 aliphatic carbocycles. The van der Waals surface area contributed by atoms with Gasteiger partial charge in [-0.3, -0.25) is 14.9 Å². The first-order valence-electron chi connectivity index (χ1n) is 8.88. The van der Waals surface area contributed by atoms with E-state index in [-0.39, 0.29) is 37.7 Å². The molecule has 0 radical (unpaired) electrons. The second-order valence-electron chi connectivity index (χ2n) is 6.45. The summed E-state index contributed by atoms with van der Waals surface area (Å²) < 4.78 is 11.0. The third-order valence-electron chi connectivity index (χ3n) is 4.45. The summed E-state index contributed by atoms with van der Waals surface area (Å²) in [6.45, 7) is 0.767. The number of nitrogens with one attached hydrogen (secondary N) is 2. The highest BCUT2D eigenvalue weighted by Gasteiger charge is 2.23. The fourth-order valence-corrected chi connectivity index (χ4v) is 2.94. The van der Waals surface area contributed by atoms with E-state index in [4.69, 9.17) is 8.94 Å². The molecule has 9 nitrogen and oxygen atoms in total. The maximum Gasteiger partial charge on any atom is 0.324 e. The Labute approximate surface area is 159 Å². The minimum absolute atomic E-state index is 0.135. The summed E-state index contributed by atoms with van der Waals surface area (Å²) in [4.78, 5) is 36.2. The van der Waals surface area contributed by atoms with Crippen molar-refractivity contribution in [3.05, 3.63) is 42.1 Å². The van der Waals surface area contributed by atoms with Gasteiger partial charge >= 0.3 is 6.03 Å². The molecule has 4 amide bonds. The van der Waals surface area contributed by atoms with Crippen LogP contribution in [0.25, 0.3) is 22.5 Å². The predicted molar refractivity (Wildman–Crippen MR) is 97.9 cm³/mol. The van der Waals surface area contributed by atoms with Gasteiger partial charge in [-0.05, 0) is 12.1 Å². The minimum atomic E-state index is -0.462. The number of rotatable bonds is 6. The highest BCUT2D eigenvalue weighted by molar-refractivity contribution is 5.96. The van der Waals surface area contributed by atoms with E-state index >= 15 is 0 Å². The number of carbonyl (C=O) groups excluding carboxylic acids is 3. The zero-order valence-corrected chi connectivity index (χ0v) is 14.9. The maximum atomic E-state index is 12.0. The lowest BCUT2D eigenvalue weighted by Gasteiger charge is -2.26. The molecule has 1 fully saturated rings. The van der Waals surface area contributed by atoms with Crippen LogP contribution in [0.2, 0.25) is 0 Å². The Morgan fingerprint density at radius 1 is 1.21 bits per heavy atom. The van der Waals surface area contributed by atoms with E-state index in [1.54, 1.807) is 6.07 Å². The highest BCUT2D eigenvalue weighted by atomic mass is 16.5. The normalized spacial score (nSPS) is 14.4. The third kappa shape index (κ3) is 3.88. The van der Waals surface area contributed by atoms with Gasteiger partial charge in [0.1, 0.15) is 11.3 Å². The van der Waals surface area contributed by atoms with Crippen LogP contribution in [0, 0.1) is 0 Å². The molecule has 0 unspecified atom stereocenters. The Bertz CT molecular complexity index is 1000. The summed E-state index contributed by atoms with van der Waals surface area (Å²) >= 11 is 0. The monoisotopic (exact) mass is 382 g/mol. The zero-order chi connectivity index (χ0) is 19.5. The van der Waals surface area contributed by atoms with Crippen LogP contribution in [-0.4, -0.2) is 41.0 Å². The lowest BCUT2D eigenvalue weighted by Crippen LogP contribution is -2.50. The molecule has 1 aliphatic rings. The second kappa shape index (κ2) is 7.55. The summed E-state index contributed by atoms with van der Waals surface area (Å²) in [5.74, 6) is 0.530. The first kappa shape index (κ1) is 17.8. The SMILES string of the molecule is O=C(CCN1CCC(=O)NC1=O)NCc1cc(-c2cc3ccccc3o2)on1. The van der Waals surface area contributed by atoms with Crippen LogP contribution in [0.1, 0.15) is 18.5 Å². The molecule has 9 heteroatoms. The van der Waals surface area contributed by atoms with E-state index in [1.165, 1.54) is 4.90 Å². The Morgan fingerprint density at radius 3 is 2.89 bits per heavy atom. The molecule has 1 aromatic carbocycles. The number of nitrogens with zero attached hydrogens (tertiary/aromatic N) is 2. The number of hydrogen-bond donors (Lipinski definition) is 2. The van der Waals surface area contributed by atoms with Gasteiger partial charge in [0.15, 0.2) is 5.76 Å². The molecule has 28 heavy (non-hydrogen) atoms. The topological polar surface area (TPSA) is 118 Å². The van der Waals surface area contributed by atoms with Crippen LogP contribution in [0.5, 0.6) is 0 Å². The van der Waals surface area contributed by atoms with Gasteiger partial charge in [0.25, 0.3) is 0 Å². The van der Waals surface area contributed by atoms with Crippen LogP contribution in [0.3, 0.4) is 0 Å². The quantitative estimate of drug-likeness (QED) is 0.674. The summed E-state index contributed by atoms with van der Waals surface area (Å²) in [5, 5.41) is 9.87. The van der Waals surface area contributed by atoms with Crippen LogP contribution in [0.4, 0.5) is 4.79 Å². The van der Waals surface area contributed by atoms with Crippen molar-refractivity contribution >= 4 is 28.8 Å². The van der Waals surface area contributed by atoms with E-state index in [0.29, 0.717) is 23.8 Å². The number of furan rings is 1. The molecule has 4 rings (SSSR count). The average Bonchev–Trinajstić information content (AvgIpc) is 3.32. The van der Waals surface area contributed by atoms with E-state index in [9.17, 15) is 14.4 Å². The molecule has 0 saturated carbocycles. The van der Waals surface area contributed by atoms with Crippen molar-refractivity contribution in [1.29, 1.82) is 0 Å². The minimum Gasteiger partial charge on any atom is -0.453 e. The van der Waals surface area contributed by atoms with Gasteiger partial charge in [0.05, 0.1) is 6.54 Å². The van der Waals surface area contributed by atoms with Gasteiger partial charge in [0.2, 0.25) is 17.6 Å². The van der Waals surface area contributed by atoms with Crippen LogP contribution < -0.4 is 10.6 Å². The lowest BCUT2D eigenvalue weighted by molar-refractivity contribution is -0.121. The number of imide groups is 1. The van der Waals surface area contributed by atoms with Crippen LogP contribution in [0.15, 0.2) is 45.3 Å². The molecule has 1 saturated heterocycles. The number of hydrogen-bond acceptors (Lipinski definition) is 6. The van der Waals surface area contributed by atoms with Crippen molar-refractivity contribution in [3.63, 3.8) is 0 Å². The molecular formula is C19H18N4O5. The van der Waals surface area contributed by atoms with E-state index in [1.807, 2.05) is 30.3 Å². The van der Waals surface area contributed by atoms with Crippen LogP contribution in [-0.2, 0) is 16.1 Å². The number of fused-ring (bicyclic) bond motifs is 1. The van der Waals surface area contributed by atoms with Crippen molar-refractivity contribution < 1.29 is 23.3 Å². The second-order valence-corrected chi connectivity index (χ2v) is 6.45. The molecule has 0 bridgehead atoms. The summed E-state index contributed by atoms with van der Waals surface area (Å²) in [6.07, 6.45) is 0.382. The Hall–Kier alpha value is -3.62. The smallest absolute Gasteiger partial charge is 0.324 e. The van der Waals surface area contributed by atoms with Gasteiger partial charge in [-0.1, -0.05) is 23.4 Å². The number of para-hydroxylation sites is 1. The van der Waals surface area contributed by atoms with Crippen molar-refractivity contribution in [2.75, 3.05) is 13.1 Å². The van der Waals surface area contributed by atoms with Crippen molar-refractivity contribution in [2.24, 2.45) is 0 Å². The van der Waals surface area contributed by atoms with Gasteiger partial charge in [0, 0.05) is 37.4 Å². The number of amides is 4. The highest BCUT2D eigenvalue weighted by Crippen LogP contribution is 2.28. The lowest BCUT2D eigenvalue weighted by atomic mass is 10.2. The van der Waals surface area contributed by atoms with Crippen molar-refractivity contribution in [3.8, 4) is 11.5 Å². The molecular weight excluding hydrogens is 364 g/mol. The van der Waals surface area contributed by atoms with Gasteiger partial charge < -0.3 is 19.2 Å². The maximum absolute atomic E-state index is 12.0. The van der Waals surface area contributed by atoms with Crippen molar-refractivity contribution in [1.82, 2.24) is 20.7 Å². The molecule has 3 heterocycles. The molecule has 0 spiro atoms. The predicted octanol–water partition coefficient (Wildman–Crippen LogP) is 2.04. The van der Waals surface area contributed by atoms with Crippen LogP contribution >= 0.6 is 0 Å². The van der Waals surface area contributed by atoms with Crippen molar-refractivity contribution in [2.45, 2.75) is 19.4 Å². The fourth-order valence-electron chi connectivity index (χ4n) is 2.94. The summed E-state index contributed by atoms with van der Waals surface area (Å²) in [6, 6.07) is 10.7. The molecule has 3 aromatic rings. The fraction of sp³-hybridized carbons (Fsp3) is 0.263. The van der Waals surface area contributed by atoms with E-state index in [0.717, 1.165) is 11.0 Å². The number of benzene rings is 1. The molecule has 2 aromatic heterocycles. The largest absolute Gasteiger partial charge is 0.453 e. The molecule has 1 aliphatic heterocycles. The summed E-state index contributed by atoms with van der Waals surface area (Å²) in [7, 11) is 0. The number of urea groups is 1. The van der Waals surface area contributed by atoms with Gasteiger partial charge in [-0.2, -0.15) is 0 Å². The first-order chi connectivity index (χ1) is 13.6. The van der Waals surface area contributed by atoms with Gasteiger partial charge in [-0.25, -0.2) is 4.79 Å². The Kier molecular flexibility index (Phi) is 4.79. The van der Waals surface area contributed by atoms with E-state index in [2.05, 4.69) is 15.8 Å². The molecule has 0 atom stereocenters. The standard InChI is InChI=1S/C19H18N4O5/c24-17(5-7-23-8-6-18(25)21-19(23)26)20-11-13-10-16(28-22-13)15-9-12-3-1-2-4-14(12)27-15/h1-4,9-10H,5-8,11H2,(H,20,24)(H,21,25,26). The zero-order valence-electron chi connectivity index (χ0n) is 14.9. The number of carbonyl (C=O) groups is 3. The number of aromatic nitrogens is 1. The Balaban J connectivity index is 1.29. The first-order valence-corrected chi connectivity index (χ1v) is 8.88. The van der Waals surface area contributed by atoms with Gasteiger partial charge in [-0.15, -0.1) is 0 Å².